The zero-order chi connectivity index (χ0) is 13.9. The number of hydrogen-bond acceptors (Lipinski definition) is 3. The predicted molar refractivity (Wildman–Crippen MR) is 68.9 cm³/mol. The van der Waals surface area contributed by atoms with E-state index in [1.165, 1.54) is 0 Å². The van der Waals surface area contributed by atoms with Crippen LogP contribution < -0.4 is 5.32 Å². The van der Waals surface area contributed by atoms with Gasteiger partial charge in [0, 0.05) is 19.7 Å². The van der Waals surface area contributed by atoms with Gasteiger partial charge in [0.1, 0.15) is 0 Å². The highest BCUT2D eigenvalue weighted by atomic mass is 16.5. The fourth-order valence-electron chi connectivity index (χ4n) is 2.78. The van der Waals surface area contributed by atoms with Crippen LogP contribution >= 0.6 is 0 Å². The zero-order valence-electron chi connectivity index (χ0n) is 11.4. The van der Waals surface area contributed by atoms with Crippen LogP contribution in [0.1, 0.15) is 32.6 Å². The van der Waals surface area contributed by atoms with Gasteiger partial charge in [0.15, 0.2) is 0 Å². The second kappa shape index (κ2) is 5.77. The Kier molecular flexibility index (Phi) is 4.29. The van der Waals surface area contributed by atoms with Crippen molar-refractivity contribution in [3.8, 4) is 0 Å². The molecule has 0 aromatic rings. The van der Waals surface area contributed by atoms with E-state index in [4.69, 9.17) is 4.74 Å². The summed E-state index contributed by atoms with van der Waals surface area (Å²) in [6.07, 6.45) is 2.97. The lowest BCUT2D eigenvalue weighted by molar-refractivity contribution is -0.148. The van der Waals surface area contributed by atoms with Crippen molar-refractivity contribution in [2.75, 3.05) is 26.3 Å². The van der Waals surface area contributed by atoms with Gasteiger partial charge in [-0.3, -0.25) is 4.79 Å². The predicted octanol–water partition coefficient (Wildman–Crippen LogP) is 1.06. The first-order valence-corrected chi connectivity index (χ1v) is 6.94. The second-order valence-electron chi connectivity index (χ2n) is 5.47. The second-order valence-corrected chi connectivity index (χ2v) is 5.47. The third kappa shape index (κ3) is 3.00. The van der Waals surface area contributed by atoms with Gasteiger partial charge in [-0.25, -0.2) is 4.79 Å². The molecule has 2 aliphatic heterocycles. The molecule has 0 aromatic heterocycles. The van der Waals surface area contributed by atoms with Gasteiger partial charge < -0.3 is 20.1 Å². The van der Waals surface area contributed by atoms with Crippen molar-refractivity contribution in [3.05, 3.63) is 0 Å². The summed E-state index contributed by atoms with van der Waals surface area (Å²) >= 11 is 0. The molecule has 2 atom stereocenters. The summed E-state index contributed by atoms with van der Waals surface area (Å²) in [5, 5.41) is 12.2. The molecule has 19 heavy (non-hydrogen) atoms. The number of aliphatic carboxylic acids is 1. The fraction of sp³-hybridized carbons (Fsp3) is 0.846. The SMILES string of the molecule is CCC1(C(=O)O)CCN(C(=O)NC2CCCOC2)C1. The number of nitrogens with zero attached hydrogens (tertiary/aromatic N) is 1. The number of likely N-dealkylation sites (tertiary alicyclic amines) is 1. The molecule has 2 N–H and O–H groups in total. The Morgan fingerprint density at radius 2 is 2.32 bits per heavy atom. The average molecular weight is 270 g/mol. The van der Waals surface area contributed by atoms with Crippen molar-refractivity contribution in [1.82, 2.24) is 10.2 Å². The van der Waals surface area contributed by atoms with Crippen molar-refractivity contribution in [2.24, 2.45) is 5.41 Å². The lowest BCUT2D eigenvalue weighted by Crippen LogP contribution is -2.48. The van der Waals surface area contributed by atoms with Crippen LogP contribution in [0.5, 0.6) is 0 Å². The van der Waals surface area contributed by atoms with Crippen molar-refractivity contribution in [1.29, 1.82) is 0 Å². The summed E-state index contributed by atoms with van der Waals surface area (Å²) in [5.41, 5.74) is -0.763. The molecule has 2 rings (SSSR count). The van der Waals surface area contributed by atoms with Crippen LogP contribution in [0, 0.1) is 5.41 Å². The molecule has 108 valence electrons. The van der Waals surface area contributed by atoms with E-state index < -0.39 is 11.4 Å². The van der Waals surface area contributed by atoms with Crippen LogP contribution in [-0.2, 0) is 9.53 Å². The van der Waals surface area contributed by atoms with Gasteiger partial charge in [0.2, 0.25) is 0 Å². The van der Waals surface area contributed by atoms with Crippen LogP contribution in [0.4, 0.5) is 4.79 Å². The number of urea groups is 1. The summed E-state index contributed by atoms with van der Waals surface area (Å²) < 4.78 is 5.32. The highest BCUT2D eigenvalue weighted by molar-refractivity contribution is 5.79. The molecule has 0 saturated carbocycles. The van der Waals surface area contributed by atoms with E-state index in [0.717, 1.165) is 19.4 Å². The maximum atomic E-state index is 12.1. The Hall–Kier alpha value is -1.30. The third-order valence-electron chi connectivity index (χ3n) is 4.26. The maximum Gasteiger partial charge on any atom is 0.317 e. The smallest absolute Gasteiger partial charge is 0.317 e. The van der Waals surface area contributed by atoms with Gasteiger partial charge in [0.05, 0.1) is 18.1 Å². The minimum atomic E-state index is -0.800. The Morgan fingerprint density at radius 3 is 2.84 bits per heavy atom. The number of carboxylic acid groups (broad SMARTS) is 1. The van der Waals surface area contributed by atoms with E-state index in [-0.39, 0.29) is 12.1 Å². The quantitative estimate of drug-likeness (QED) is 0.803. The minimum absolute atomic E-state index is 0.0581. The van der Waals surface area contributed by atoms with E-state index in [2.05, 4.69) is 5.32 Å². The molecule has 0 spiro atoms. The first kappa shape index (κ1) is 14.1. The number of hydrogen-bond donors (Lipinski definition) is 2. The molecule has 2 saturated heterocycles. The zero-order valence-corrected chi connectivity index (χ0v) is 11.4. The van der Waals surface area contributed by atoms with E-state index in [0.29, 0.717) is 32.5 Å². The van der Waals surface area contributed by atoms with Gasteiger partial charge >= 0.3 is 12.0 Å². The van der Waals surface area contributed by atoms with E-state index in [1.54, 1.807) is 4.90 Å². The number of carbonyl (C=O) groups is 2. The van der Waals surface area contributed by atoms with Crippen molar-refractivity contribution in [3.63, 3.8) is 0 Å². The molecule has 2 amide bonds. The van der Waals surface area contributed by atoms with Crippen molar-refractivity contribution >= 4 is 12.0 Å². The molecule has 0 aliphatic carbocycles. The molecule has 2 aliphatic rings. The Bertz CT molecular complexity index is 355. The molecule has 6 nitrogen and oxygen atoms in total. The van der Waals surface area contributed by atoms with E-state index in [1.807, 2.05) is 6.92 Å². The van der Waals surface area contributed by atoms with Gasteiger partial charge in [-0.15, -0.1) is 0 Å². The highest BCUT2D eigenvalue weighted by Crippen LogP contribution is 2.34. The largest absolute Gasteiger partial charge is 0.481 e. The topological polar surface area (TPSA) is 78.9 Å². The number of carbonyl (C=O) groups excluding carboxylic acids is 1. The summed E-state index contributed by atoms with van der Waals surface area (Å²) in [7, 11) is 0. The Morgan fingerprint density at radius 1 is 1.53 bits per heavy atom. The normalized spacial score (nSPS) is 31.2. The molecule has 0 bridgehead atoms. The Labute approximate surface area is 113 Å². The Balaban J connectivity index is 1.89. The van der Waals surface area contributed by atoms with Gasteiger partial charge in [-0.2, -0.15) is 0 Å². The molecular weight excluding hydrogens is 248 g/mol. The highest BCUT2D eigenvalue weighted by Gasteiger charge is 2.44. The molecule has 0 aromatic carbocycles. The lowest BCUT2D eigenvalue weighted by atomic mass is 9.84. The first-order chi connectivity index (χ1) is 9.07. The molecule has 2 unspecified atom stereocenters. The molecular formula is C13H22N2O4. The number of carboxylic acids is 1. The van der Waals surface area contributed by atoms with E-state index in [9.17, 15) is 14.7 Å². The van der Waals surface area contributed by atoms with E-state index >= 15 is 0 Å². The third-order valence-corrected chi connectivity index (χ3v) is 4.26. The standard InChI is InChI=1S/C13H22N2O4/c1-2-13(11(16)17)5-6-15(9-13)12(18)14-10-4-3-7-19-8-10/h10H,2-9H2,1H3,(H,14,18)(H,16,17). The van der Waals surface area contributed by atoms with Crippen LogP contribution in [0.3, 0.4) is 0 Å². The van der Waals surface area contributed by atoms with Gasteiger partial charge in [-0.1, -0.05) is 6.92 Å². The average Bonchev–Trinajstić information content (AvgIpc) is 2.86. The molecule has 2 fully saturated rings. The molecule has 0 radical (unpaired) electrons. The van der Waals surface area contributed by atoms with Gasteiger partial charge in [0.25, 0.3) is 0 Å². The van der Waals surface area contributed by atoms with Crippen LogP contribution in [0.25, 0.3) is 0 Å². The summed E-state index contributed by atoms with van der Waals surface area (Å²) in [4.78, 5) is 25.1. The lowest BCUT2D eigenvalue weighted by Gasteiger charge is -2.27. The van der Waals surface area contributed by atoms with Crippen LogP contribution in [-0.4, -0.2) is 54.4 Å². The van der Waals surface area contributed by atoms with Crippen LogP contribution in [0.15, 0.2) is 0 Å². The van der Waals surface area contributed by atoms with Crippen LogP contribution in [0.2, 0.25) is 0 Å². The fourth-order valence-corrected chi connectivity index (χ4v) is 2.78. The number of ether oxygens (including phenoxy) is 1. The number of rotatable bonds is 3. The summed E-state index contributed by atoms with van der Waals surface area (Å²) in [6, 6.07) is -0.102. The number of amides is 2. The first-order valence-electron chi connectivity index (χ1n) is 6.94. The summed E-state index contributed by atoms with van der Waals surface area (Å²) in [6.45, 7) is 3.99. The molecule has 6 heteroatoms. The maximum absolute atomic E-state index is 12.1. The monoisotopic (exact) mass is 270 g/mol. The van der Waals surface area contributed by atoms with Gasteiger partial charge in [-0.05, 0) is 25.7 Å². The summed E-state index contributed by atoms with van der Waals surface area (Å²) in [5.74, 6) is -0.800. The molecule has 2 heterocycles. The van der Waals surface area contributed by atoms with Crippen molar-refractivity contribution < 1.29 is 19.4 Å². The number of nitrogens with one attached hydrogen (secondary N) is 1. The minimum Gasteiger partial charge on any atom is -0.481 e. The van der Waals surface area contributed by atoms with Crippen molar-refractivity contribution in [2.45, 2.75) is 38.6 Å².